The summed E-state index contributed by atoms with van der Waals surface area (Å²) < 4.78 is 5.95. The minimum atomic E-state index is -0.965. The zero-order valence-electron chi connectivity index (χ0n) is 23.0. The summed E-state index contributed by atoms with van der Waals surface area (Å²) in [4.78, 5) is 43.2. The smallest absolute Gasteiger partial charge is 0.254 e. The van der Waals surface area contributed by atoms with Crippen LogP contribution in [0.5, 0.6) is 0 Å². The van der Waals surface area contributed by atoms with Crippen LogP contribution in [0.15, 0.2) is 84.9 Å². The Bertz CT molecular complexity index is 1230. The van der Waals surface area contributed by atoms with Crippen LogP contribution < -0.4 is 11.1 Å². The van der Waals surface area contributed by atoms with Crippen molar-refractivity contribution in [2.75, 3.05) is 27.7 Å². The number of amides is 3. The van der Waals surface area contributed by atoms with Gasteiger partial charge in [0.25, 0.3) is 5.91 Å². The normalized spacial score (nSPS) is 13.2. The second-order valence-corrected chi connectivity index (χ2v) is 9.62. The third-order valence-corrected chi connectivity index (χ3v) is 6.76. The van der Waals surface area contributed by atoms with E-state index in [-0.39, 0.29) is 31.1 Å². The Morgan fingerprint density at radius 3 is 2.05 bits per heavy atom. The largest absolute Gasteiger partial charge is 0.374 e. The van der Waals surface area contributed by atoms with Gasteiger partial charge in [-0.05, 0) is 35.7 Å². The van der Waals surface area contributed by atoms with Crippen LogP contribution in [-0.2, 0) is 27.4 Å². The molecule has 206 valence electrons. The van der Waals surface area contributed by atoms with Gasteiger partial charge in [0.2, 0.25) is 11.8 Å². The molecule has 0 bridgehead atoms. The molecule has 0 aliphatic rings. The minimum absolute atomic E-state index is 0.0426. The van der Waals surface area contributed by atoms with Crippen molar-refractivity contribution in [3.05, 3.63) is 107 Å². The first-order valence-electron chi connectivity index (χ1n) is 13.0. The summed E-state index contributed by atoms with van der Waals surface area (Å²) in [5.41, 5.74) is 9.12. The second kappa shape index (κ2) is 14.2. The predicted octanol–water partition coefficient (Wildman–Crippen LogP) is 3.18. The van der Waals surface area contributed by atoms with Crippen LogP contribution in [0.1, 0.15) is 40.0 Å². The zero-order chi connectivity index (χ0) is 28.4. The molecule has 8 nitrogen and oxygen atoms in total. The number of nitrogens with one attached hydrogen (secondary N) is 1. The number of likely N-dealkylation sites (N-methyl/N-ethyl adjacent to an activating group) is 3. The van der Waals surface area contributed by atoms with E-state index in [4.69, 9.17) is 10.5 Å². The lowest BCUT2D eigenvalue weighted by molar-refractivity contribution is -0.143. The Labute approximate surface area is 230 Å². The van der Waals surface area contributed by atoms with Gasteiger partial charge in [-0.25, -0.2) is 0 Å². The average molecular weight is 531 g/mol. The zero-order valence-corrected chi connectivity index (χ0v) is 23.0. The molecular weight excluding hydrogens is 492 g/mol. The molecule has 3 rings (SSSR count). The monoisotopic (exact) mass is 530 g/mol. The van der Waals surface area contributed by atoms with E-state index < -0.39 is 18.0 Å². The number of ether oxygens (including phenoxy) is 1. The minimum Gasteiger partial charge on any atom is -0.374 e. The van der Waals surface area contributed by atoms with Crippen LogP contribution in [0.2, 0.25) is 0 Å². The summed E-state index contributed by atoms with van der Waals surface area (Å²) in [7, 11) is 4.71. The van der Waals surface area contributed by atoms with Crippen molar-refractivity contribution in [3.63, 3.8) is 0 Å². The molecule has 8 heteroatoms. The molecule has 0 saturated carbocycles. The van der Waals surface area contributed by atoms with Gasteiger partial charge >= 0.3 is 0 Å². The molecule has 0 spiro atoms. The topological polar surface area (TPSA) is 105 Å². The van der Waals surface area contributed by atoms with Crippen LogP contribution in [0.4, 0.5) is 0 Å². The van der Waals surface area contributed by atoms with Crippen LogP contribution in [0, 0.1) is 0 Å². The van der Waals surface area contributed by atoms with Crippen LogP contribution in [0.25, 0.3) is 0 Å². The quantitative estimate of drug-likeness (QED) is 0.374. The third-order valence-electron chi connectivity index (χ3n) is 6.76. The molecule has 3 N–H and O–H groups in total. The molecule has 3 aromatic carbocycles. The highest BCUT2D eigenvalue weighted by molar-refractivity contribution is 5.98. The van der Waals surface area contributed by atoms with E-state index in [0.717, 1.165) is 16.7 Å². The molecule has 3 atom stereocenters. The number of nitrogens with zero attached hydrogens (tertiary/aromatic N) is 2. The lowest BCUT2D eigenvalue weighted by atomic mass is 10.0. The lowest BCUT2D eigenvalue weighted by Gasteiger charge is -2.34. The molecule has 0 fully saturated rings. The van der Waals surface area contributed by atoms with E-state index in [1.54, 1.807) is 39.3 Å². The molecule has 3 aromatic rings. The van der Waals surface area contributed by atoms with Gasteiger partial charge in [0.05, 0.1) is 13.2 Å². The number of hydrogen-bond donors (Lipinski definition) is 2. The Morgan fingerprint density at radius 1 is 0.846 bits per heavy atom. The number of rotatable bonds is 12. The average Bonchev–Trinajstić information content (AvgIpc) is 2.97. The van der Waals surface area contributed by atoms with Crippen molar-refractivity contribution in [1.29, 1.82) is 0 Å². The third kappa shape index (κ3) is 7.99. The molecule has 0 heterocycles. The van der Waals surface area contributed by atoms with E-state index in [0.29, 0.717) is 12.0 Å². The fourth-order valence-corrected chi connectivity index (χ4v) is 4.31. The van der Waals surface area contributed by atoms with Gasteiger partial charge in [0.1, 0.15) is 12.1 Å². The first kappa shape index (κ1) is 29.5. The second-order valence-electron chi connectivity index (χ2n) is 9.62. The number of carbonyl (C=O) groups is 3. The van der Waals surface area contributed by atoms with Gasteiger partial charge in [-0.2, -0.15) is 0 Å². The van der Waals surface area contributed by atoms with Gasteiger partial charge in [0.15, 0.2) is 0 Å². The van der Waals surface area contributed by atoms with E-state index in [2.05, 4.69) is 5.32 Å². The van der Waals surface area contributed by atoms with Crippen molar-refractivity contribution < 1.29 is 19.1 Å². The molecular formula is C31H38N4O4. The van der Waals surface area contributed by atoms with Crippen LogP contribution in [0.3, 0.4) is 0 Å². The van der Waals surface area contributed by atoms with Gasteiger partial charge < -0.3 is 25.6 Å². The SMILES string of the molecule is CNC(=O)C(Cc1ccccc1)N(C)C(=O)[C@@H](COCc1ccccc1)N(C)C(=O)c1cccc(C(C)N)c1. The molecule has 0 aromatic heterocycles. The maximum Gasteiger partial charge on any atom is 0.254 e. The fraction of sp³-hybridized carbons (Fsp3) is 0.323. The maximum absolute atomic E-state index is 13.9. The molecule has 3 amide bonds. The van der Waals surface area contributed by atoms with Crippen LogP contribution in [-0.4, -0.2) is 67.4 Å². The Morgan fingerprint density at radius 2 is 1.46 bits per heavy atom. The van der Waals surface area contributed by atoms with Crippen molar-refractivity contribution in [2.45, 2.75) is 38.1 Å². The van der Waals surface area contributed by atoms with Crippen molar-refractivity contribution in [2.24, 2.45) is 5.73 Å². The van der Waals surface area contributed by atoms with Gasteiger partial charge in [-0.15, -0.1) is 0 Å². The van der Waals surface area contributed by atoms with E-state index in [1.165, 1.54) is 9.80 Å². The van der Waals surface area contributed by atoms with Crippen LogP contribution >= 0.6 is 0 Å². The number of carbonyl (C=O) groups excluding carboxylic acids is 3. The van der Waals surface area contributed by atoms with E-state index >= 15 is 0 Å². The summed E-state index contributed by atoms with van der Waals surface area (Å²) in [6, 6.07) is 24.2. The summed E-state index contributed by atoms with van der Waals surface area (Å²) in [6.07, 6.45) is 0.328. The van der Waals surface area contributed by atoms with E-state index in [1.807, 2.05) is 73.7 Å². The predicted molar refractivity (Wildman–Crippen MR) is 152 cm³/mol. The number of benzene rings is 3. The number of hydrogen-bond acceptors (Lipinski definition) is 5. The summed E-state index contributed by atoms with van der Waals surface area (Å²) >= 11 is 0. The first-order chi connectivity index (χ1) is 18.7. The Kier molecular flexibility index (Phi) is 10.8. The summed E-state index contributed by atoms with van der Waals surface area (Å²) in [5.74, 6) is -1.03. The Hall–Kier alpha value is -4.01. The molecule has 2 unspecified atom stereocenters. The molecule has 0 aliphatic carbocycles. The first-order valence-corrected chi connectivity index (χ1v) is 13.0. The molecule has 0 aliphatic heterocycles. The van der Waals surface area contributed by atoms with Crippen molar-refractivity contribution >= 4 is 17.7 Å². The fourth-order valence-electron chi connectivity index (χ4n) is 4.31. The maximum atomic E-state index is 13.9. The summed E-state index contributed by atoms with van der Waals surface area (Å²) in [5, 5.41) is 2.66. The molecule has 0 radical (unpaired) electrons. The van der Waals surface area contributed by atoms with Crippen molar-refractivity contribution in [1.82, 2.24) is 15.1 Å². The number of nitrogens with two attached hydrogens (primary N) is 1. The lowest BCUT2D eigenvalue weighted by Crippen LogP contribution is -2.56. The van der Waals surface area contributed by atoms with Gasteiger partial charge in [-0.1, -0.05) is 72.8 Å². The Balaban J connectivity index is 1.87. The van der Waals surface area contributed by atoms with E-state index in [9.17, 15) is 14.4 Å². The molecule has 39 heavy (non-hydrogen) atoms. The van der Waals surface area contributed by atoms with Gasteiger partial charge in [0, 0.05) is 39.2 Å². The standard InChI is InChI=1S/C31H38N4O4/c1-22(32)25-16-11-17-26(19-25)30(37)35(4)28(21-39-20-24-14-9-6-10-15-24)31(38)34(3)27(29(36)33-2)18-23-12-7-5-8-13-23/h5-17,19,22,27-28H,18,20-21,32H2,1-4H3,(H,33,36)/t22?,27?,28-/m1/s1. The van der Waals surface area contributed by atoms with Crippen molar-refractivity contribution in [3.8, 4) is 0 Å². The highest BCUT2D eigenvalue weighted by Gasteiger charge is 2.35. The van der Waals surface area contributed by atoms with Gasteiger partial charge in [-0.3, -0.25) is 14.4 Å². The summed E-state index contributed by atoms with van der Waals surface area (Å²) in [6.45, 7) is 2.08. The molecule has 0 saturated heterocycles. The highest BCUT2D eigenvalue weighted by atomic mass is 16.5. The highest BCUT2D eigenvalue weighted by Crippen LogP contribution is 2.17.